The minimum Gasteiger partial charge on any atom is -0.463 e. The summed E-state index contributed by atoms with van der Waals surface area (Å²) in [5.41, 5.74) is 4.98. The molecule has 0 radical (unpaired) electrons. The van der Waals surface area contributed by atoms with E-state index in [9.17, 15) is 4.79 Å². The fourth-order valence-electron chi connectivity index (χ4n) is 2.74. The van der Waals surface area contributed by atoms with Crippen LogP contribution in [-0.2, 0) is 22.4 Å². The molecule has 0 fully saturated rings. The molecule has 2 heteroatoms. The van der Waals surface area contributed by atoms with Crippen molar-refractivity contribution < 1.29 is 9.53 Å². The van der Waals surface area contributed by atoms with E-state index in [1.807, 2.05) is 13.8 Å². The molecule has 24 heavy (non-hydrogen) atoms. The van der Waals surface area contributed by atoms with Crippen LogP contribution in [0.3, 0.4) is 0 Å². The van der Waals surface area contributed by atoms with Gasteiger partial charge in [-0.2, -0.15) is 0 Å². The summed E-state index contributed by atoms with van der Waals surface area (Å²) in [6, 6.07) is 17.2. The summed E-state index contributed by atoms with van der Waals surface area (Å²) in [7, 11) is 0. The molecule has 0 spiro atoms. The normalized spacial score (nSPS) is 11.1. The maximum absolute atomic E-state index is 11.6. The molecular formula is C22H28O2. The van der Waals surface area contributed by atoms with Crippen molar-refractivity contribution >= 4 is 5.97 Å². The van der Waals surface area contributed by atoms with Crippen LogP contribution in [0.15, 0.2) is 48.5 Å². The third-order valence-corrected chi connectivity index (χ3v) is 3.87. The van der Waals surface area contributed by atoms with Gasteiger partial charge in [0.05, 0.1) is 6.10 Å². The van der Waals surface area contributed by atoms with Gasteiger partial charge in [-0.1, -0.05) is 62.4 Å². The standard InChI is InChI=1S/C22H28O2/c1-16(2)15-19-7-12-21(13-8-19)20-10-5-18(6-11-20)9-14-22(23)24-17(3)4/h5-8,10-13,16-17H,9,14-15H2,1-4H3. The fraction of sp³-hybridized carbons (Fsp3) is 0.409. The molecule has 0 atom stereocenters. The van der Waals surface area contributed by atoms with E-state index < -0.39 is 0 Å². The number of ether oxygens (including phenoxy) is 1. The monoisotopic (exact) mass is 324 g/mol. The highest BCUT2D eigenvalue weighted by molar-refractivity contribution is 5.70. The Morgan fingerprint density at radius 3 is 1.79 bits per heavy atom. The van der Waals surface area contributed by atoms with E-state index in [1.54, 1.807) is 0 Å². The summed E-state index contributed by atoms with van der Waals surface area (Å²) in [5, 5.41) is 0. The first-order valence-corrected chi connectivity index (χ1v) is 8.81. The van der Waals surface area contributed by atoms with E-state index in [1.165, 1.54) is 16.7 Å². The van der Waals surface area contributed by atoms with Gasteiger partial charge < -0.3 is 4.74 Å². The number of carbonyl (C=O) groups is 1. The van der Waals surface area contributed by atoms with Crippen LogP contribution in [0.2, 0.25) is 0 Å². The fourth-order valence-corrected chi connectivity index (χ4v) is 2.74. The number of carbonyl (C=O) groups excluding carboxylic acids is 1. The number of hydrogen-bond acceptors (Lipinski definition) is 2. The lowest BCUT2D eigenvalue weighted by Crippen LogP contribution is -2.11. The number of esters is 1. The van der Waals surface area contributed by atoms with E-state index in [4.69, 9.17) is 4.74 Å². The van der Waals surface area contributed by atoms with E-state index >= 15 is 0 Å². The zero-order chi connectivity index (χ0) is 17.5. The largest absolute Gasteiger partial charge is 0.463 e. The summed E-state index contributed by atoms with van der Waals surface area (Å²) in [6.45, 7) is 8.23. The summed E-state index contributed by atoms with van der Waals surface area (Å²) >= 11 is 0. The molecule has 0 saturated heterocycles. The Labute approximate surface area is 145 Å². The zero-order valence-electron chi connectivity index (χ0n) is 15.2. The lowest BCUT2D eigenvalue weighted by Gasteiger charge is -2.09. The van der Waals surface area contributed by atoms with Crippen LogP contribution < -0.4 is 0 Å². The van der Waals surface area contributed by atoms with Gasteiger partial charge in [0.15, 0.2) is 0 Å². The number of benzene rings is 2. The molecule has 2 nitrogen and oxygen atoms in total. The predicted molar refractivity (Wildman–Crippen MR) is 100.0 cm³/mol. The smallest absolute Gasteiger partial charge is 0.306 e. The average molecular weight is 324 g/mol. The van der Waals surface area contributed by atoms with Gasteiger partial charge in [-0.05, 0) is 54.9 Å². The minimum atomic E-state index is -0.130. The molecular weight excluding hydrogens is 296 g/mol. The van der Waals surface area contributed by atoms with Crippen molar-refractivity contribution in [1.29, 1.82) is 0 Å². The van der Waals surface area contributed by atoms with Gasteiger partial charge in [0.2, 0.25) is 0 Å². The van der Waals surface area contributed by atoms with Crippen LogP contribution in [0.5, 0.6) is 0 Å². The molecule has 0 unspecified atom stereocenters. The number of hydrogen-bond donors (Lipinski definition) is 0. The molecule has 0 aliphatic rings. The van der Waals surface area contributed by atoms with E-state index in [0.29, 0.717) is 12.3 Å². The predicted octanol–water partition coefficient (Wildman–Crippen LogP) is 5.44. The summed E-state index contributed by atoms with van der Waals surface area (Å²) in [6.07, 6.45) is 2.23. The summed E-state index contributed by atoms with van der Waals surface area (Å²) in [5.74, 6) is 0.548. The Balaban J connectivity index is 1.95. The van der Waals surface area contributed by atoms with Crippen molar-refractivity contribution in [2.75, 3.05) is 0 Å². The summed E-state index contributed by atoms with van der Waals surface area (Å²) in [4.78, 5) is 11.6. The second-order valence-electron chi connectivity index (χ2n) is 7.03. The molecule has 2 aromatic carbocycles. The quantitative estimate of drug-likeness (QED) is 0.634. The van der Waals surface area contributed by atoms with Crippen molar-refractivity contribution in [3.8, 4) is 11.1 Å². The van der Waals surface area contributed by atoms with Crippen molar-refractivity contribution in [2.45, 2.75) is 53.1 Å². The van der Waals surface area contributed by atoms with Crippen LogP contribution in [0, 0.1) is 5.92 Å². The Morgan fingerprint density at radius 1 is 0.833 bits per heavy atom. The third kappa shape index (κ3) is 5.84. The van der Waals surface area contributed by atoms with Gasteiger partial charge in [-0.25, -0.2) is 0 Å². The Morgan fingerprint density at radius 2 is 1.33 bits per heavy atom. The van der Waals surface area contributed by atoms with E-state index in [0.717, 1.165) is 18.4 Å². The molecule has 0 aliphatic carbocycles. The van der Waals surface area contributed by atoms with Crippen LogP contribution in [0.25, 0.3) is 11.1 Å². The second-order valence-corrected chi connectivity index (χ2v) is 7.03. The van der Waals surface area contributed by atoms with E-state index in [2.05, 4.69) is 62.4 Å². The van der Waals surface area contributed by atoms with Gasteiger partial charge >= 0.3 is 5.97 Å². The highest BCUT2D eigenvalue weighted by Crippen LogP contribution is 2.21. The molecule has 0 heterocycles. The van der Waals surface area contributed by atoms with Crippen molar-refractivity contribution in [3.05, 3.63) is 59.7 Å². The molecule has 0 bridgehead atoms. The van der Waals surface area contributed by atoms with Crippen molar-refractivity contribution in [1.82, 2.24) is 0 Å². The maximum atomic E-state index is 11.6. The van der Waals surface area contributed by atoms with Crippen LogP contribution in [0.1, 0.15) is 45.2 Å². The molecule has 128 valence electrons. The maximum Gasteiger partial charge on any atom is 0.306 e. The second kappa shape index (κ2) is 8.68. The lowest BCUT2D eigenvalue weighted by molar-refractivity contribution is -0.147. The van der Waals surface area contributed by atoms with Crippen molar-refractivity contribution in [2.24, 2.45) is 5.92 Å². The molecule has 2 aromatic rings. The number of aryl methyl sites for hydroxylation is 1. The van der Waals surface area contributed by atoms with Crippen molar-refractivity contribution in [3.63, 3.8) is 0 Å². The van der Waals surface area contributed by atoms with Gasteiger partial charge in [-0.3, -0.25) is 4.79 Å². The first kappa shape index (κ1) is 18.3. The first-order chi connectivity index (χ1) is 11.4. The zero-order valence-corrected chi connectivity index (χ0v) is 15.2. The third-order valence-electron chi connectivity index (χ3n) is 3.87. The van der Waals surface area contributed by atoms with Crippen LogP contribution in [-0.4, -0.2) is 12.1 Å². The van der Waals surface area contributed by atoms with Gasteiger partial charge in [0.1, 0.15) is 0 Å². The highest BCUT2D eigenvalue weighted by atomic mass is 16.5. The SMILES string of the molecule is CC(C)Cc1ccc(-c2ccc(CCC(=O)OC(C)C)cc2)cc1. The summed E-state index contributed by atoms with van der Waals surface area (Å²) < 4.78 is 5.16. The number of rotatable bonds is 7. The molecule has 0 saturated carbocycles. The molecule has 0 aromatic heterocycles. The topological polar surface area (TPSA) is 26.3 Å². The van der Waals surface area contributed by atoms with Crippen LogP contribution >= 0.6 is 0 Å². The lowest BCUT2D eigenvalue weighted by atomic mass is 9.98. The Bertz CT molecular complexity index is 637. The average Bonchev–Trinajstić information content (AvgIpc) is 2.53. The first-order valence-electron chi connectivity index (χ1n) is 8.81. The molecule has 0 aliphatic heterocycles. The van der Waals surface area contributed by atoms with Gasteiger partial charge in [-0.15, -0.1) is 0 Å². The van der Waals surface area contributed by atoms with Gasteiger partial charge in [0.25, 0.3) is 0 Å². The highest BCUT2D eigenvalue weighted by Gasteiger charge is 2.06. The molecule has 0 amide bonds. The minimum absolute atomic E-state index is 0.0430. The van der Waals surface area contributed by atoms with Gasteiger partial charge in [0, 0.05) is 6.42 Å². The van der Waals surface area contributed by atoms with Crippen LogP contribution in [0.4, 0.5) is 0 Å². The molecule has 0 N–H and O–H groups in total. The Hall–Kier alpha value is -2.09. The molecule has 2 rings (SSSR count). The van der Waals surface area contributed by atoms with E-state index in [-0.39, 0.29) is 12.1 Å². The Kier molecular flexibility index (Phi) is 6.60.